The Hall–Kier alpha value is -1.39. The maximum absolute atomic E-state index is 12.9. The van der Waals surface area contributed by atoms with E-state index in [9.17, 15) is 9.90 Å². The van der Waals surface area contributed by atoms with E-state index in [-0.39, 0.29) is 5.92 Å². The molecule has 1 saturated carbocycles. The third-order valence-corrected chi connectivity index (χ3v) is 6.46. The van der Waals surface area contributed by atoms with Crippen molar-refractivity contribution in [3.63, 3.8) is 0 Å². The maximum atomic E-state index is 12.9. The number of aliphatic hydroxyl groups is 1. The number of benzene rings is 1. The van der Waals surface area contributed by atoms with Crippen molar-refractivity contribution in [1.29, 1.82) is 0 Å². The van der Waals surface area contributed by atoms with Crippen molar-refractivity contribution in [3.8, 4) is 0 Å². The van der Waals surface area contributed by atoms with E-state index in [2.05, 4.69) is 17.0 Å². The molecule has 1 aromatic carbocycles. The van der Waals surface area contributed by atoms with Crippen LogP contribution in [0.1, 0.15) is 68.6 Å². The van der Waals surface area contributed by atoms with E-state index in [1.165, 1.54) is 37.7 Å². The number of hydrogen-bond acceptors (Lipinski definition) is 3. The minimum atomic E-state index is -0.431. The molecule has 4 rings (SSSR count). The lowest BCUT2D eigenvalue weighted by Gasteiger charge is -2.33. The van der Waals surface area contributed by atoms with Gasteiger partial charge in [0.15, 0.2) is 0 Å². The van der Waals surface area contributed by atoms with Gasteiger partial charge in [-0.15, -0.1) is 0 Å². The van der Waals surface area contributed by atoms with Crippen LogP contribution in [0.3, 0.4) is 0 Å². The van der Waals surface area contributed by atoms with Gasteiger partial charge in [0.1, 0.15) is 0 Å². The minimum absolute atomic E-state index is 0.227. The molecule has 4 heteroatoms. The van der Waals surface area contributed by atoms with E-state index in [0.717, 1.165) is 63.1 Å². The lowest BCUT2D eigenvalue weighted by Crippen LogP contribution is -2.39. The van der Waals surface area contributed by atoms with Crippen LogP contribution in [0.25, 0.3) is 0 Å². The summed E-state index contributed by atoms with van der Waals surface area (Å²) in [6.45, 7) is 3.78. The fraction of sp³-hybridized carbons (Fsp3) is 0.682. The Labute approximate surface area is 157 Å². The Morgan fingerprint density at radius 2 is 1.81 bits per heavy atom. The molecule has 2 heterocycles. The van der Waals surface area contributed by atoms with Crippen LogP contribution in [0.2, 0.25) is 0 Å². The van der Waals surface area contributed by atoms with Gasteiger partial charge >= 0.3 is 0 Å². The van der Waals surface area contributed by atoms with Gasteiger partial charge in [0.25, 0.3) is 0 Å². The molecular weight excluding hydrogens is 324 g/mol. The fourth-order valence-electron chi connectivity index (χ4n) is 4.94. The summed E-state index contributed by atoms with van der Waals surface area (Å²) in [4.78, 5) is 17.3. The first kappa shape index (κ1) is 18.0. The highest BCUT2D eigenvalue weighted by molar-refractivity contribution is 5.96. The van der Waals surface area contributed by atoms with Gasteiger partial charge in [-0.1, -0.05) is 31.4 Å². The number of anilines is 1. The van der Waals surface area contributed by atoms with Crippen molar-refractivity contribution >= 4 is 11.6 Å². The maximum Gasteiger partial charge on any atom is 0.230 e. The number of β-amino-alcohol motifs (C(OH)–C–C–N with tert-alkyl or cyclic N) is 1. The third kappa shape index (κ3) is 3.81. The van der Waals surface area contributed by atoms with Crippen LogP contribution in [0.15, 0.2) is 18.2 Å². The molecule has 26 heavy (non-hydrogen) atoms. The van der Waals surface area contributed by atoms with E-state index < -0.39 is 6.10 Å². The molecule has 142 valence electrons. The summed E-state index contributed by atoms with van der Waals surface area (Å²) in [6.07, 6.45) is 9.90. The van der Waals surface area contributed by atoms with Crippen LogP contribution in [0, 0.1) is 5.92 Å². The summed E-state index contributed by atoms with van der Waals surface area (Å²) >= 11 is 0. The molecule has 0 bridgehead atoms. The molecule has 2 aliphatic heterocycles. The van der Waals surface area contributed by atoms with Crippen molar-refractivity contribution < 1.29 is 9.90 Å². The van der Waals surface area contributed by atoms with Crippen LogP contribution < -0.4 is 4.90 Å². The standard InChI is InChI=1S/C22H32N2O2/c25-21(16-23-12-4-1-5-13-23)19-10-11-20-18(15-19)9-6-14-24(20)22(26)17-7-2-3-8-17/h10-11,15,17,21,25H,1-9,12-14,16H2/t21-/m0/s1. The van der Waals surface area contributed by atoms with Crippen LogP contribution in [0.5, 0.6) is 0 Å². The summed E-state index contributed by atoms with van der Waals surface area (Å²) in [5.41, 5.74) is 3.32. The zero-order valence-electron chi connectivity index (χ0n) is 15.8. The number of aliphatic hydroxyl groups excluding tert-OH is 1. The predicted molar refractivity (Wildman–Crippen MR) is 104 cm³/mol. The van der Waals surface area contributed by atoms with Crippen LogP contribution in [-0.2, 0) is 11.2 Å². The summed E-state index contributed by atoms with van der Waals surface area (Å²) in [7, 11) is 0. The molecule has 1 aromatic rings. The largest absolute Gasteiger partial charge is 0.387 e. The van der Waals surface area contributed by atoms with Crippen LogP contribution in [-0.4, -0.2) is 42.1 Å². The molecule has 2 fully saturated rings. The molecular formula is C22H32N2O2. The van der Waals surface area contributed by atoms with Gasteiger partial charge in [-0.05, 0) is 68.8 Å². The molecule has 0 radical (unpaired) electrons. The molecule has 1 saturated heterocycles. The van der Waals surface area contributed by atoms with Crippen LogP contribution >= 0.6 is 0 Å². The fourth-order valence-corrected chi connectivity index (χ4v) is 4.94. The van der Waals surface area contributed by atoms with Gasteiger partial charge in [0, 0.05) is 24.7 Å². The van der Waals surface area contributed by atoms with Gasteiger partial charge in [0.05, 0.1) is 6.10 Å². The molecule has 1 atom stereocenters. The SMILES string of the molecule is O=C(C1CCCC1)N1CCCc2cc([C@@H](O)CN3CCCCC3)ccc21. The van der Waals surface area contributed by atoms with E-state index in [1.807, 2.05) is 11.0 Å². The number of carbonyl (C=O) groups excluding carboxylic acids is 1. The monoisotopic (exact) mass is 356 g/mol. The second-order valence-corrected chi connectivity index (χ2v) is 8.34. The number of rotatable bonds is 4. The summed E-state index contributed by atoms with van der Waals surface area (Å²) in [5, 5.41) is 10.7. The van der Waals surface area contributed by atoms with E-state index >= 15 is 0 Å². The van der Waals surface area contributed by atoms with E-state index in [4.69, 9.17) is 0 Å². The number of fused-ring (bicyclic) bond motifs is 1. The second kappa shape index (κ2) is 8.10. The Balaban J connectivity index is 1.47. The highest BCUT2D eigenvalue weighted by Crippen LogP contribution is 2.34. The molecule has 1 N–H and O–H groups in total. The number of amides is 1. The Morgan fingerprint density at radius 1 is 1.04 bits per heavy atom. The van der Waals surface area contributed by atoms with Crippen molar-refractivity contribution in [2.75, 3.05) is 31.1 Å². The lowest BCUT2D eigenvalue weighted by atomic mass is 9.95. The number of piperidine rings is 1. The van der Waals surface area contributed by atoms with E-state index in [0.29, 0.717) is 5.91 Å². The van der Waals surface area contributed by atoms with Crippen molar-refractivity contribution in [1.82, 2.24) is 4.90 Å². The number of carbonyl (C=O) groups is 1. The average molecular weight is 357 g/mol. The minimum Gasteiger partial charge on any atom is -0.387 e. The molecule has 0 unspecified atom stereocenters. The Bertz CT molecular complexity index is 633. The Morgan fingerprint density at radius 3 is 2.58 bits per heavy atom. The first-order valence-corrected chi connectivity index (χ1v) is 10.6. The van der Waals surface area contributed by atoms with Crippen molar-refractivity contribution in [2.45, 2.75) is 63.9 Å². The number of nitrogens with zero attached hydrogens (tertiary/aromatic N) is 2. The number of likely N-dealkylation sites (tertiary alicyclic amines) is 1. The summed E-state index contributed by atoms with van der Waals surface area (Å²) in [6, 6.07) is 6.27. The zero-order valence-corrected chi connectivity index (χ0v) is 15.8. The molecule has 3 aliphatic rings. The third-order valence-electron chi connectivity index (χ3n) is 6.46. The van der Waals surface area contributed by atoms with E-state index in [1.54, 1.807) is 0 Å². The smallest absolute Gasteiger partial charge is 0.230 e. The molecule has 4 nitrogen and oxygen atoms in total. The first-order chi connectivity index (χ1) is 12.7. The average Bonchev–Trinajstić information content (AvgIpc) is 3.22. The predicted octanol–water partition coefficient (Wildman–Crippen LogP) is 3.68. The van der Waals surface area contributed by atoms with Gasteiger partial charge in [-0.3, -0.25) is 4.79 Å². The van der Waals surface area contributed by atoms with Crippen molar-refractivity contribution in [2.24, 2.45) is 5.92 Å². The molecule has 1 aliphatic carbocycles. The van der Waals surface area contributed by atoms with Crippen LogP contribution in [0.4, 0.5) is 5.69 Å². The highest BCUT2D eigenvalue weighted by Gasteiger charge is 2.31. The first-order valence-electron chi connectivity index (χ1n) is 10.6. The quantitative estimate of drug-likeness (QED) is 0.895. The normalized spacial score (nSPS) is 23.0. The van der Waals surface area contributed by atoms with Gasteiger partial charge < -0.3 is 14.9 Å². The molecule has 1 amide bonds. The molecule has 0 aromatic heterocycles. The number of hydrogen-bond donors (Lipinski definition) is 1. The van der Waals surface area contributed by atoms with Crippen molar-refractivity contribution in [3.05, 3.63) is 29.3 Å². The topological polar surface area (TPSA) is 43.8 Å². The Kier molecular flexibility index (Phi) is 5.60. The van der Waals surface area contributed by atoms with Gasteiger partial charge in [-0.25, -0.2) is 0 Å². The summed E-state index contributed by atoms with van der Waals surface area (Å²) < 4.78 is 0. The second-order valence-electron chi connectivity index (χ2n) is 8.34. The highest BCUT2D eigenvalue weighted by atomic mass is 16.3. The molecule has 0 spiro atoms. The van der Waals surface area contributed by atoms with Gasteiger partial charge in [0.2, 0.25) is 5.91 Å². The zero-order chi connectivity index (χ0) is 17.9. The van der Waals surface area contributed by atoms with Gasteiger partial charge in [-0.2, -0.15) is 0 Å². The number of aryl methyl sites for hydroxylation is 1. The summed E-state index contributed by atoms with van der Waals surface area (Å²) in [5.74, 6) is 0.551. The lowest BCUT2D eigenvalue weighted by molar-refractivity contribution is -0.122.